The second kappa shape index (κ2) is 17.2. The standard InChI is InChI=1S/C14H20Cl2O7/c15-3-1-13(17)22-11-9-20-7-5-19-6-8-21-10-12-23-14(18)2-4-16/h1-4H,5-12H2. The summed E-state index contributed by atoms with van der Waals surface area (Å²) in [5, 5.41) is 0. The van der Waals surface area contributed by atoms with Gasteiger partial charge >= 0.3 is 11.9 Å². The molecule has 0 aliphatic carbocycles. The van der Waals surface area contributed by atoms with Crippen molar-refractivity contribution in [3.05, 3.63) is 23.2 Å². The van der Waals surface area contributed by atoms with E-state index in [1.165, 1.54) is 0 Å². The van der Waals surface area contributed by atoms with Crippen molar-refractivity contribution in [3.8, 4) is 0 Å². The highest BCUT2D eigenvalue weighted by molar-refractivity contribution is 6.26. The van der Waals surface area contributed by atoms with Gasteiger partial charge in [0.1, 0.15) is 13.2 Å². The molecular formula is C14H20Cl2O7. The smallest absolute Gasteiger partial charge is 0.331 e. The largest absolute Gasteiger partial charge is 0.460 e. The number of carbonyl (C=O) groups is 2. The Labute approximate surface area is 145 Å². The number of rotatable bonds is 14. The third-order valence-corrected chi connectivity index (χ3v) is 2.34. The van der Waals surface area contributed by atoms with Crippen molar-refractivity contribution in [3.63, 3.8) is 0 Å². The van der Waals surface area contributed by atoms with Gasteiger partial charge in [-0.1, -0.05) is 23.2 Å². The molecule has 0 amide bonds. The van der Waals surface area contributed by atoms with Gasteiger partial charge in [0, 0.05) is 23.2 Å². The van der Waals surface area contributed by atoms with Crippen LogP contribution in [0.5, 0.6) is 0 Å². The molecule has 0 bridgehead atoms. The van der Waals surface area contributed by atoms with Crippen LogP contribution in [0.2, 0.25) is 0 Å². The molecule has 0 unspecified atom stereocenters. The van der Waals surface area contributed by atoms with Crippen LogP contribution in [0.1, 0.15) is 0 Å². The second-order valence-electron chi connectivity index (χ2n) is 3.76. The summed E-state index contributed by atoms with van der Waals surface area (Å²) in [4.78, 5) is 21.7. The zero-order valence-electron chi connectivity index (χ0n) is 12.6. The number of esters is 2. The zero-order valence-corrected chi connectivity index (χ0v) is 14.1. The zero-order chi connectivity index (χ0) is 17.2. The van der Waals surface area contributed by atoms with Crippen molar-refractivity contribution in [2.45, 2.75) is 0 Å². The minimum absolute atomic E-state index is 0.154. The van der Waals surface area contributed by atoms with Crippen LogP contribution in [0, 0.1) is 0 Å². The Hall–Kier alpha value is -1.12. The van der Waals surface area contributed by atoms with Crippen molar-refractivity contribution >= 4 is 35.1 Å². The molecule has 0 rings (SSSR count). The second-order valence-corrected chi connectivity index (χ2v) is 4.26. The van der Waals surface area contributed by atoms with E-state index in [1.807, 2.05) is 0 Å². The summed E-state index contributed by atoms with van der Waals surface area (Å²) in [6, 6.07) is 0. The normalized spacial score (nSPS) is 11.2. The van der Waals surface area contributed by atoms with Crippen LogP contribution in [-0.2, 0) is 33.3 Å². The molecule has 0 atom stereocenters. The average Bonchev–Trinajstić information content (AvgIpc) is 2.52. The third kappa shape index (κ3) is 17.1. The fourth-order valence-corrected chi connectivity index (χ4v) is 1.35. The Balaban J connectivity index is 3.16. The first-order chi connectivity index (χ1) is 11.2. The highest BCUT2D eigenvalue weighted by Gasteiger charge is 1.97. The minimum atomic E-state index is -0.513. The van der Waals surface area contributed by atoms with Gasteiger partial charge in [0.2, 0.25) is 0 Å². The van der Waals surface area contributed by atoms with E-state index in [9.17, 15) is 9.59 Å². The molecular weight excluding hydrogens is 351 g/mol. The number of hydrogen-bond donors (Lipinski definition) is 0. The molecule has 7 nitrogen and oxygen atoms in total. The number of halogens is 2. The lowest BCUT2D eigenvalue weighted by Gasteiger charge is -2.07. The summed E-state index contributed by atoms with van der Waals surface area (Å²) in [7, 11) is 0. The topological polar surface area (TPSA) is 80.3 Å². The van der Waals surface area contributed by atoms with E-state index in [2.05, 4.69) is 0 Å². The van der Waals surface area contributed by atoms with E-state index in [4.69, 9.17) is 46.9 Å². The summed E-state index contributed by atoms with van der Waals surface area (Å²) in [6.45, 7) is 2.43. The first kappa shape index (κ1) is 21.9. The molecule has 23 heavy (non-hydrogen) atoms. The number of hydrogen-bond acceptors (Lipinski definition) is 7. The Morgan fingerprint density at radius 3 is 1.22 bits per heavy atom. The molecule has 9 heteroatoms. The Bertz CT molecular complexity index is 338. The van der Waals surface area contributed by atoms with Crippen LogP contribution in [0.4, 0.5) is 0 Å². The van der Waals surface area contributed by atoms with E-state index < -0.39 is 11.9 Å². The molecule has 132 valence electrons. The van der Waals surface area contributed by atoms with E-state index in [-0.39, 0.29) is 26.4 Å². The number of ether oxygens (including phenoxy) is 5. The fraction of sp³-hybridized carbons (Fsp3) is 0.571. The third-order valence-electron chi connectivity index (χ3n) is 2.09. The van der Waals surface area contributed by atoms with Gasteiger partial charge in [-0.05, 0) is 0 Å². The fourth-order valence-electron chi connectivity index (χ4n) is 1.14. The predicted molar refractivity (Wildman–Crippen MR) is 84.4 cm³/mol. The highest BCUT2D eigenvalue weighted by atomic mass is 35.5. The summed E-state index contributed by atoms with van der Waals surface area (Å²) in [5.74, 6) is -1.03. The van der Waals surface area contributed by atoms with Gasteiger partial charge in [0.05, 0.1) is 39.6 Å². The molecule has 0 saturated heterocycles. The van der Waals surface area contributed by atoms with Gasteiger partial charge in [0.25, 0.3) is 0 Å². The maximum absolute atomic E-state index is 10.9. The number of carbonyl (C=O) groups excluding carboxylic acids is 2. The monoisotopic (exact) mass is 370 g/mol. The summed E-state index contributed by atoms with van der Waals surface area (Å²) >= 11 is 10.4. The van der Waals surface area contributed by atoms with Crippen LogP contribution in [-0.4, -0.2) is 64.8 Å². The molecule has 0 radical (unpaired) electrons. The Morgan fingerprint density at radius 2 is 0.913 bits per heavy atom. The SMILES string of the molecule is O=C(C=CCl)OCCOCCOCCOCCOC(=O)C=CCl. The van der Waals surface area contributed by atoms with Gasteiger partial charge < -0.3 is 23.7 Å². The summed E-state index contributed by atoms with van der Waals surface area (Å²) in [6.07, 6.45) is 2.22. The maximum Gasteiger partial charge on any atom is 0.331 e. The van der Waals surface area contributed by atoms with Crippen molar-refractivity contribution in [2.24, 2.45) is 0 Å². The minimum Gasteiger partial charge on any atom is -0.460 e. The van der Waals surface area contributed by atoms with Crippen molar-refractivity contribution in [2.75, 3.05) is 52.9 Å². The molecule has 0 aromatic carbocycles. The van der Waals surface area contributed by atoms with Crippen LogP contribution in [0.25, 0.3) is 0 Å². The van der Waals surface area contributed by atoms with Gasteiger partial charge in [-0.25, -0.2) is 9.59 Å². The van der Waals surface area contributed by atoms with Crippen molar-refractivity contribution in [1.82, 2.24) is 0 Å². The molecule has 0 saturated carbocycles. The molecule has 0 spiro atoms. The van der Waals surface area contributed by atoms with E-state index in [0.29, 0.717) is 26.4 Å². The predicted octanol–water partition coefficient (Wildman–Crippen LogP) is 1.63. The van der Waals surface area contributed by atoms with Gasteiger partial charge in [-0.3, -0.25) is 0 Å². The summed E-state index contributed by atoms with van der Waals surface area (Å²) in [5.41, 5.74) is 2.17. The molecule has 0 fully saturated rings. The van der Waals surface area contributed by atoms with Crippen LogP contribution >= 0.6 is 23.2 Å². The molecule has 0 heterocycles. The lowest BCUT2D eigenvalue weighted by atomic mass is 10.6. The first-order valence-corrected chi connectivity index (χ1v) is 7.68. The highest BCUT2D eigenvalue weighted by Crippen LogP contribution is 1.87. The van der Waals surface area contributed by atoms with Crippen molar-refractivity contribution < 1.29 is 33.3 Å². The molecule has 0 aromatic rings. The average molecular weight is 371 g/mol. The quantitative estimate of drug-likeness (QED) is 0.261. The summed E-state index contributed by atoms with van der Waals surface area (Å²) < 4.78 is 25.1. The van der Waals surface area contributed by atoms with Crippen LogP contribution < -0.4 is 0 Å². The Kier molecular flexibility index (Phi) is 16.4. The van der Waals surface area contributed by atoms with E-state index in [1.54, 1.807) is 0 Å². The van der Waals surface area contributed by atoms with Gasteiger partial charge in [0.15, 0.2) is 0 Å². The van der Waals surface area contributed by atoms with Crippen LogP contribution in [0.15, 0.2) is 23.2 Å². The van der Waals surface area contributed by atoms with Crippen LogP contribution in [0.3, 0.4) is 0 Å². The lowest BCUT2D eigenvalue weighted by molar-refractivity contribution is -0.140. The molecule has 0 aliphatic rings. The van der Waals surface area contributed by atoms with Gasteiger partial charge in [-0.2, -0.15) is 0 Å². The van der Waals surface area contributed by atoms with E-state index >= 15 is 0 Å². The maximum atomic E-state index is 10.9. The van der Waals surface area contributed by atoms with Gasteiger partial charge in [-0.15, -0.1) is 0 Å². The van der Waals surface area contributed by atoms with Crippen molar-refractivity contribution in [1.29, 1.82) is 0 Å². The Morgan fingerprint density at radius 1 is 0.609 bits per heavy atom. The lowest BCUT2D eigenvalue weighted by Crippen LogP contribution is -2.14. The first-order valence-electron chi connectivity index (χ1n) is 6.81. The molecule has 0 aliphatic heterocycles. The molecule has 0 aromatic heterocycles. The van der Waals surface area contributed by atoms with E-state index in [0.717, 1.165) is 23.2 Å². The molecule has 0 N–H and O–H groups in total.